The van der Waals surface area contributed by atoms with Gasteiger partial charge in [-0.3, -0.25) is 14.5 Å². The zero-order valence-electron chi connectivity index (χ0n) is 23.1. The number of rotatable bonds is 10. The van der Waals surface area contributed by atoms with Crippen molar-refractivity contribution in [1.82, 2.24) is 9.80 Å². The van der Waals surface area contributed by atoms with E-state index in [4.69, 9.17) is 14.2 Å². The smallest absolute Gasteiger partial charge is 0.295 e. The summed E-state index contributed by atoms with van der Waals surface area (Å²) in [6, 6.07) is 21.1. The van der Waals surface area contributed by atoms with Crippen molar-refractivity contribution < 1.29 is 28.9 Å². The van der Waals surface area contributed by atoms with Gasteiger partial charge in [0.25, 0.3) is 11.7 Å². The number of nitrogens with zero attached hydrogens (tertiary/aromatic N) is 2. The molecule has 1 N–H and O–H groups in total. The molecule has 2 heterocycles. The number of aliphatic hydroxyl groups excluding tert-OH is 1. The summed E-state index contributed by atoms with van der Waals surface area (Å²) < 4.78 is 17.1. The Morgan fingerprint density at radius 2 is 1.73 bits per heavy atom. The topological polar surface area (TPSA) is 88.5 Å². The molecule has 3 aromatic carbocycles. The van der Waals surface area contributed by atoms with Crippen LogP contribution >= 0.6 is 0 Å². The molecule has 1 atom stereocenters. The Balaban J connectivity index is 1.54. The highest BCUT2D eigenvalue weighted by Crippen LogP contribution is 2.41. The van der Waals surface area contributed by atoms with Gasteiger partial charge in [-0.05, 0) is 60.5 Å². The first-order valence-electron chi connectivity index (χ1n) is 13.7. The normalized spacial score (nSPS) is 18.9. The van der Waals surface area contributed by atoms with Crippen LogP contribution in [0, 0.1) is 6.92 Å². The Morgan fingerprint density at radius 3 is 2.46 bits per heavy atom. The Labute approximate surface area is 240 Å². The number of Topliss-reactive ketones (excluding diaryl/α,β-unsaturated/α-hetero) is 1. The lowest BCUT2D eigenvalue weighted by molar-refractivity contribution is -0.140. The summed E-state index contributed by atoms with van der Waals surface area (Å²) >= 11 is 0. The van der Waals surface area contributed by atoms with Gasteiger partial charge in [0.1, 0.15) is 29.6 Å². The van der Waals surface area contributed by atoms with Crippen LogP contribution in [0.4, 0.5) is 0 Å². The van der Waals surface area contributed by atoms with Gasteiger partial charge in [-0.15, -0.1) is 0 Å². The van der Waals surface area contributed by atoms with E-state index in [0.29, 0.717) is 66.8 Å². The third kappa shape index (κ3) is 6.34. The number of aliphatic hydroxyl groups is 1. The molecule has 1 amide bonds. The van der Waals surface area contributed by atoms with Crippen molar-refractivity contribution in [1.29, 1.82) is 0 Å². The van der Waals surface area contributed by atoms with Crippen molar-refractivity contribution in [2.75, 3.05) is 46.0 Å². The largest absolute Gasteiger partial charge is 0.507 e. The summed E-state index contributed by atoms with van der Waals surface area (Å²) in [7, 11) is 0. The van der Waals surface area contributed by atoms with Crippen molar-refractivity contribution in [2.45, 2.75) is 13.0 Å². The maximum absolute atomic E-state index is 13.6. The molecule has 212 valence electrons. The van der Waals surface area contributed by atoms with E-state index in [1.165, 1.54) is 0 Å². The first-order chi connectivity index (χ1) is 20.0. The highest BCUT2D eigenvalue weighted by molar-refractivity contribution is 6.46. The standard InChI is InChI=1S/C33H34N2O6/c1-3-18-40-26-12-13-28(23(2)21-26)31(36)29-30(24-8-7-11-27(22-24)41-25-9-5-4-6-10-25)35(33(38)32(29)37)15-14-34-16-19-39-20-17-34/h3-13,21-22,30,36H,1,14-20H2,2H3. The minimum atomic E-state index is -0.786. The van der Waals surface area contributed by atoms with Gasteiger partial charge in [0, 0.05) is 31.7 Å². The summed E-state index contributed by atoms with van der Waals surface area (Å²) in [6.45, 7) is 9.53. The number of carbonyl (C=O) groups excluding carboxylic acids is 2. The summed E-state index contributed by atoms with van der Waals surface area (Å²) in [4.78, 5) is 30.8. The summed E-state index contributed by atoms with van der Waals surface area (Å²) in [5, 5.41) is 11.6. The van der Waals surface area contributed by atoms with Gasteiger partial charge in [0.2, 0.25) is 0 Å². The Hall–Kier alpha value is -4.40. The van der Waals surface area contributed by atoms with E-state index >= 15 is 0 Å². The number of morpholine rings is 1. The van der Waals surface area contributed by atoms with Crippen LogP contribution in [0.2, 0.25) is 0 Å². The van der Waals surface area contributed by atoms with Gasteiger partial charge < -0.3 is 24.2 Å². The van der Waals surface area contributed by atoms with Crippen molar-refractivity contribution in [3.05, 3.63) is 108 Å². The SMILES string of the molecule is C=CCOc1ccc(C(O)=C2C(=O)C(=O)N(CCN3CCOCC3)C2c2cccc(Oc3ccccc3)c2)c(C)c1. The van der Waals surface area contributed by atoms with Crippen LogP contribution in [0.15, 0.2) is 91.0 Å². The molecule has 0 aromatic heterocycles. The van der Waals surface area contributed by atoms with E-state index in [2.05, 4.69) is 11.5 Å². The predicted molar refractivity (Wildman–Crippen MR) is 156 cm³/mol. The summed E-state index contributed by atoms with van der Waals surface area (Å²) in [5.41, 5.74) is 1.90. The second-order valence-corrected chi connectivity index (χ2v) is 10.0. The molecular weight excluding hydrogens is 520 g/mol. The molecule has 2 fully saturated rings. The van der Waals surface area contributed by atoms with E-state index in [0.717, 1.165) is 13.1 Å². The van der Waals surface area contributed by atoms with Crippen molar-refractivity contribution in [3.63, 3.8) is 0 Å². The summed E-state index contributed by atoms with van der Waals surface area (Å²) in [5.74, 6) is 0.280. The third-order valence-corrected chi connectivity index (χ3v) is 7.27. The van der Waals surface area contributed by atoms with Gasteiger partial charge in [-0.25, -0.2) is 0 Å². The van der Waals surface area contributed by atoms with Crippen LogP contribution in [0.25, 0.3) is 5.76 Å². The predicted octanol–water partition coefficient (Wildman–Crippen LogP) is 5.11. The van der Waals surface area contributed by atoms with Crippen molar-refractivity contribution in [3.8, 4) is 17.2 Å². The maximum Gasteiger partial charge on any atom is 0.295 e. The van der Waals surface area contributed by atoms with Crippen LogP contribution in [0.1, 0.15) is 22.7 Å². The van der Waals surface area contributed by atoms with Gasteiger partial charge in [0.15, 0.2) is 0 Å². The number of carbonyl (C=O) groups is 2. The lowest BCUT2D eigenvalue weighted by Crippen LogP contribution is -2.42. The van der Waals surface area contributed by atoms with Crippen LogP contribution in [-0.2, 0) is 14.3 Å². The zero-order valence-corrected chi connectivity index (χ0v) is 23.1. The minimum absolute atomic E-state index is 0.0525. The second-order valence-electron chi connectivity index (χ2n) is 10.0. The second kappa shape index (κ2) is 12.8. The molecule has 1 unspecified atom stereocenters. The molecule has 0 bridgehead atoms. The maximum atomic E-state index is 13.6. The Morgan fingerprint density at radius 1 is 0.976 bits per heavy atom. The molecule has 2 aliphatic rings. The zero-order chi connectivity index (χ0) is 28.8. The average molecular weight is 555 g/mol. The lowest BCUT2D eigenvalue weighted by Gasteiger charge is -2.31. The van der Waals surface area contributed by atoms with Crippen LogP contribution in [-0.4, -0.2) is 72.6 Å². The number of benzene rings is 3. The molecule has 2 aliphatic heterocycles. The lowest BCUT2D eigenvalue weighted by atomic mass is 9.93. The number of amides is 1. The molecule has 5 rings (SSSR count). The molecule has 8 heteroatoms. The average Bonchev–Trinajstić information content (AvgIpc) is 3.25. The molecule has 3 aromatic rings. The molecule has 0 radical (unpaired) electrons. The monoisotopic (exact) mass is 554 g/mol. The molecular formula is C33H34N2O6. The fraction of sp³-hybridized carbons (Fsp3) is 0.273. The number of ketones is 1. The molecule has 41 heavy (non-hydrogen) atoms. The fourth-order valence-electron chi connectivity index (χ4n) is 5.20. The quantitative estimate of drug-likeness (QED) is 0.161. The molecule has 0 spiro atoms. The van der Waals surface area contributed by atoms with Gasteiger partial charge in [0.05, 0.1) is 24.8 Å². The molecule has 2 saturated heterocycles. The number of hydrogen-bond acceptors (Lipinski definition) is 7. The third-order valence-electron chi connectivity index (χ3n) is 7.27. The number of likely N-dealkylation sites (tertiary alicyclic amines) is 1. The number of hydrogen-bond donors (Lipinski definition) is 1. The molecule has 0 aliphatic carbocycles. The first-order valence-corrected chi connectivity index (χ1v) is 13.7. The van der Waals surface area contributed by atoms with E-state index in [-0.39, 0.29) is 11.3 Å². The van der Waals surface area contributed by atoms with E-state index < -0.39 is 17.7 Å². The number of para-hydroxylation sites is 1. The van der Waals surface area contributed by atoms with Gasteiger partial charge >= 0.3 is 0 Å². The number of aryl methyl sites for hydroxylation is 1. The van der Waals surface area contributed by atoms with Gasteiger partial charge in [-0.2, -0.15) is 0 Å². The van der Waals surface area contributed by atoms with E-state index in [1.807, 2.05) is 61.5 Å². The first kappa shape index (κ1) is 28.1. The molecule has 8 nitrogen and oxygen atoms in total. The minimum Gasteiger partial charge on any atom is -0.507 e. The highest BCUT2D eigenvalue weighted by atomic mass is 16.5. The van der Waals surface area contributed by atoms with Gasteiger partial charge in [-0.1, -0.05) is 43.0 Å². The van der Waals surface area contributed by atoms with Crippen molar-refractivity contribution >= 4 is 17.4 Å². The number of ether oxygens (including phenoxy) is 3. The highest BCUT2D eigenvalue weighted by Gasteiger charge is 2.46. The van der Waals surface area contributed by atoms with Crippen LogP contribution in [0.3, 0.4) is 0 Å². The van der Waals surface area contributed by atoms with Crippen molar-refractivity contribution in [2.24, 2.45) is 0 Å². The van der Waals surface area contributed by atoms with E-state index in [1.54, 1.807) is 29.2 Å². The summed E-state index contributed by atoms with van der Waals surface area (Å²) in [6.07, 6.45) is 1.65. The fourth-order valence-corrected chi connectivity index (χ4v) is 5.20. The van der Waals surface area contributed by atoms with E-state index in [9.17, 15) is 14.7 Å². The molecule has 0 saturated carbocycles. The Kier molecular flexibility index (Phi) is 8.82. The van der Waals surface area contributed by atoms with Crippen LogP contribution < -0.4 is 9.47 Å². The Bertz CT molecular complexity index is 1450. The van der Waals surface area contributed by atoms with Crippen LogP contribution in [0.5, 0.6) is 17.2 Å².